The number of anilines is 1. The number of nitrogens with one attached hydrogen (secondary N) is 1. The molecule has 0 fully saturated rings. The molecule has 0 saturated heterocycles. The number of thioether (sulfide) groups is 1. The van der Waals surface area contributed by atoms with Crippen LogP contribution in [0.5, 0.6) is 0 Å². The van der Waals surface area contributed by atoms with E-state index in [9.17, 15) is 4.79 Å². The minimum absolute atomic E-state index is 0.0252. The molecule has 98 valence electrons. The van der Waals surface area contributed by atoms with Crippen molar-refractivity contribution in [1.29, 1.82) is 0 Å². The lowest BCUT2D eigenvalue weighted by molar-refractivity contribution is -0.113. The Balaban J connectivity index is 2.08. The van der Waals surface area contributed by atoms with Gasteiger partial charge in [0.15, 0.2) is 0 Å². The number of benzene rings is 1. The number of amides is 1. The molecule has 1 N–H and O–H groups in total. The Hall–Kier alpha value is -0.680. The van der Waals surface area contributed by atoms with E-state index in [1.54, 1.807) is 29.2 Å². The highest BCUT2D eigenvalue weighted by atomic mass is 35.5. The summed E-state index contributed by atoms with van der Waals surface area (Å²) in [6.07, 6.45) is 0. The van der Waals surface area contributed by atoms with Gasteiger partial charge in [0.25, 0.3) is 0 Å². The molecule has 0 bridgehead atoms. The highest BCUT2D eigenvalue weighted by Crippen LogP contribution is 2.46. The van der Waals surface area contributed by atoms with Gasteiger partial charge in [0.2, 0.25) is 5.91 Å². The van der Waals surface area contributed by atoms with Crippen molar-refractivity contribution in [2.75, 3.05) is 11.1 Å². The van der Waals surface area contributed by atoms with Crippen molar-refractivity contribution in [2.45, 2.75) is 5.25 Å². The summed E-state index contributed by atoms with van der Waals surface area (Å²) < 4.78 is 0. The lowest BCUT2D eigenvalue weighted by atomic mass is 10.1. The molecule has 1 aromatic heterocycles. The Kier molecular flexibility index (Phi) is 3.76. The molecular weight excluding hydrogens is 321 g/mol. The Morgan fingerprint density at radius 1 is 1.26 bits per heavy atom. The fourth-order valence-electron chi connectivity index (χ4n) is 1.99. The molecule has 6 heteroatoms. The SMILES string of the molecule is O=C1CSC(c2ccc(Cl)cc2Cl)c2sccc2N1. The average Bonchev–Trinajstić information content (AvgIpc) is 2.74. The molecule has 1 aromatic carbocycles. The van der Waals surface area contributed by atoms with Crippen molar-refractivity contribution >= 4 is 57.9 Å². The highest BCUT2D eigenvalue weighted by Gasteiger charge is 2.26. The van der Waals surface area contributed by atoms with Crippen molar-refractivity contribution < 1.29 is 4.79 Å². The second-order valence-electron chi connectivity index (χ2n) is 4.10. The second-order valence-corrected chi connectivity index (χ2v) is 6.99. The van der Waals surface area contributed by atoms with Gasteiger partial charge in [0, 0.05) is 14.9 Å². The van der Waals surface area contributed by atoms with E-state index in [1.165, 1.54) is 0 Å². The van der Waals surface area contributed by atoms with Crippen LogP contribution in [0.25, 0.3) is 0 Å². The van der Waals surface area contributed by atoms with Crippen molar-refractivity contribution in [3.63, 3.8) is 0 Å². The third-order valence-electron chi connectivity index (χ3n) is 2.83. The molecule has 1 amide bonds. The molecule has 19 heavy (non-hydrogen) atoms. The van der Waals surface area contributed by atoms with Crippen LogP contribution in [0.1, 0.15) is 15.7 Å². The third-order valence-corrected chi connectivity index (χ3v) is 5.78. The van der Waals surface area contributed by atoms with Gasteiger partial charge in [0.1, 0.15) is 0 Å². The van der Waals surface area contributed by atoms with Crippen LogP contribution in [0, 0.1) is 0 Å². The van der Waals surface area contributed by atoms with E-state index in [1.807, 2.05) is 23.6 Å². The van der Waals surface area contributed by atoms with Crippen LogP contribution in [0.2, 0.25) is 10.0 Å². The molecule has 1 atom stereocenters. The zero-order valence-corrected chi connectivity index (χ0v) is 12.8. The molecular formula is C13H9Cl2NOS2. The molecule has 1 aliphatic rings. The molecule has 1 aliphatic heterocycles. The summed E-state index contributed by atoms with van der Waals surface area (Å²) in [6.45, 7) is 0. The zero-order chi connectivity index (χ0) is 13.4. The maximum absolute atomic E-state index is 11.7. The molecule has 1 unspecified atom stereocenters. The van der Waals surface area contributed by atoms with Gasteiger partial charge >= 0.3 is 0 Å². The van der Waals surface area contributed by atoms with E-state index in [4.69, 9.17) is 23.2 Å². The minimum Gasteiger partial charge on any atom is -0.324 e. The van der Waals surface area contributed by atoms with E-state index in [-0.39, 0.29) is 11.2 Å². The predicted octanol–water partition coefficient (Wildman–Crippen LogP) is 4.83. The summed E-state index contributed by atoms with van der Waals surface area (Å²) in [7, 11) is 0. The smallest absolute Gasteiger partial charge is 0.234 e. The predicted molar refractivity (Wildman–Crippen MR) is 83.7 cm³/mol. The van der Waals surface area contributed by atoms with Crippen LogP contribution in [0.3, 0.4) is 0 Å². The van der Waals surface area contributed by atoms with Crippen molar-refractivity contribution in [2.24, 2.45) is 0 Å². The van der Waals surface area contributed by atoms with Crippen molar-refractivity contribution in [1.82, 2.24) is 0 Å². The van der Waals surface area contributed by atoms with Crippen LogP contribution in [0.4, 0.5) is 5.69 Å². The maximum Gasteiger partial charge on any atom is 0.234 e. The van der Waals surface area contributed by atoms with Crippen LogP contribution in [-0.2, 0) is 4.79 Å². The molecule has 2 heterocycles. The lowest BCUT2D eigenvalue weighted by Gasteiger charge is -2.15. The van der Waals surface area contributed by atoms with Crippen LogP contribution in [-0.4, -0.2) is 11.7 Å². The highest BCUT2D eigenvalue weighted by molar-refractivity contribution is 8.00. The van der Waals surface area contributed by atoms with Gasteiger partial charge in [-0.15, -0.1) is 23.1 Å². The van der Waals surface area contributed by atoms with Gasteiger partial charge < -0.3 is 5.32 Å². The van der Waals surface area contributed by atoms with Gasteiger partial charge in [-0.05, 0) is 29.1 Å². The molecule has 0 spiro atoms. The quantitative estimate of drug-likeness (QED) is 0.811. The molecule has 0 aliphatic carbocycles. The van der Waals surface area contributed by atoms with Crippen LogP contribution < -0.4 is 5.32 Å². The molecule has 2 nitrogen and oxygen atoms in total. The average molecular weight is 330 g/mol. The van der Waals surface area contributed by atoms with E-state index >= 15 is 0 Å². The first kappa shape index (κ1) is 13.3. The summed E-state index contributed by atoms with van der Waals surface area (Å²) >= 11 is 15.4. The molecule has 3 rings (SSSR count). The van der Waals surface area contributed by atoms with Gasteiger partial charge in [-0.25, -0.2) is 0 Å². The van der Waals surface area contributed by atoms with Crippen LogP contribution >= 0.6 is 46.3 Å². The number of thiophene rings is 1. The summed E-state index contributed by atoms with van der Waals surface area (Å²) in [5, 5.41) is 6.22. The lowest BCUT2D eigenvalue weighted by Crippen LogP contribution is -2.11. The van der Waals surface area contributed by atoms with E-state index in [2.05, 4.69) is 5.32 Å². The number of hydrogen-bond donors (Lipinski definition) is 1. The molecule has 2 aromatic rings. The Bertz CT molecular complexity index is 641. The van der Waals surface area contributed by atoms with Gasteiger partial charge in [-0.2, -0.15) is 0 Å². The maximum atomic E-state index is 11.7. The summed E-state index contributed by atoms with van der Waals surface area (Å²) in [5.41, 5.74) is 1.88. The number of rotatable bonds is 1. The molecule has 0 saturated carbocycles. The second kappa shape index (κ2) is 5.37. The summed E-state index contributed by atoms with van der Waals surface area (Å²) in [4.78, 5) is 12.8. The molecule has 0 radical (unpaired) electrons. The Morgan fingerprint density at radius 3 is 2.89 bits per heavy atom. The van der Waals surface area contributed by atoms with Gasteiger partial charge in [0.05, 0.1) is 16.7 Å². The number of halogens is 2. The minimum atomic E-state index is 0.0252. The number of carbonyl (C=O) groups is 1. The van der Waals surface area contributed by atoms with Gasteiger partial charge in [-0.1, -0.05) is 29.3 Å². The largest absolute Gasteiger partial charge is 0.324 e. The van der Waals surface area contributed by atoms with E-state index < -0.39 is 0 Å². The Labute approximate surface area is 129 Å². The fourth-order valence-corrected chi connectivity index (χ4v) is 4.85. The zero-order valence-electron chi connectivity index (χ0n) is 9.65. The van der Waals surface area contributed by atoms with Crippen molar-refractivity contribution in [3.8, 4) is 0 Å². The standard InChI is InChI=1S/C13H9Cl2NOS2/c14-7-1-2-8(9(15)5-7)12-13-10(3-4-18-13)16-11(17)6-19-12/h1-5,12H,6H2,(H,16,17). The monoisotopic (exact) mass is 329 g/mol. The fraction of sp³-hybridized carbons (Fsp3) is 0.154. The first-order chi connectivity index (χ1) is 9.15. The normalized spacial score (nSPS) is 18.6. The number of carbonyl (C=O) groups excluding carboxylic acids is 1. The van der Waals surface area contributed by atoms with Gasteiger partial charge in [-0.3, -0.25) is 4.79 Å². The summed E-state index contributed by atoms with van der Waals surface area (Å²) in [6, 6.07) is 7.44. The topological polar surface area (TPSA) is 29.1 Å². The summed E-state index contributed by atoms with van der Waals surface area (Å²) in [5.74, 6) is 0.447. The first-order valence-electron chi connectivity index (χ1n) is 5.59. The van der Waals surface area contributed by atoms with E-state index in [0.29, 0.717) is 15.8 Å². The third kappa shape index (κ3) is 2.63. The number of fused-ring (bicyclic) bond motifs is 1. The van der Waals surface area contributed by atoms with E-state index in [0.717, 1.165) is 16.1 Å². The van der Waals surface area contributed by atoms with Crippen LogP contribution in [0.15, 0.2) is 29.6 Å². The van der Waals surface area contributed by atoms with Crippen molar-refractivity contribution in [3.05, 3.63) is 50.1 Å². The number of hydrogen-bond acceptors (Lipinski definition) is 3. The Morgan fingerprint density at radius 2 is 2.11 bits per heavy atom. The first-order valence-corrected chi connectivity index (χ1v) is 8.27.